The summed E-state index contributed by atoms with van der Waals surface area (Å²) in [6.45, 7) is 4.08. The van der Waals surface area contributed by atoms with E-state index in [9.17, 15) is 5.11 Å². The Labute approximate surface area is 102 Å². The Balaban J connectivity index is 2.23. The molecule has 2 unspecified atom stereocenters. The molecule has 0 saturated carbocycles. The van der Waals surface area contributed by atoms with E-state index in [1.165, 1.54) is 0 Å². The van der Waals surface area contributed by atoms with E-state index in [2.05, 4.69) is 11.9 Å². The predicted molar refractivity (Wildman–Crippen MR) is 67.7 cm³/mol. The predicted octanol–water partition coefficient (Wildman–Crippen LogP) is 2.74. The summed E-state index contributed by atoms with van der Waals surface area (Å²) in [7, 11) is 0. The van der Waals surface area contributed by atoms with Crippen LogP contribution < -0.4 is 0 Å². The van der Waals surface area contributed by atoms with Crippen LogP contribution in [0.3, 0.4) is 0 Å². The van der Waals surface area contributed by atoms with E-state index in [0.717, 1.165) is 17.8 Å². The molecule has 1 N–H and O–H groups in total. The second kappa shape index (κ2) is 5.15. The molecule has 2 rings (SSSR count). The van der Waals surface area contributed by atoms with Gasteiger partial charge in [-0.05, 0) is 12.5 Å². The maximum absolute atomic E-state index is 10.3. The summed E-state index contributed by atoms with van der Waals surface area (Å²) in [6, 6.07) is 9.73. The first-order chi connectivity index (χ1) is 8.24. The lowest BCUT2D eigenvalue weighted by atomic mass is 10.0. The summed E-state index contributed by atoms with van der Waals surface area (Å²) < 4.78 is 2.04. The number of hydrogen-bond donors (Lipinski definition) is 1. The van der Waals surface area contributed by atoms with Gasteiger partial charge < -0.3 is 9.67 Å². The first-order valence-electron chi connectivity index (χ1n) is 5.98. The van der Waals surface area contributed by atoms with Gasteiger partial charge in [0.05, 0.1) is 12.1 Å². The fourth-order valence-electron chi connectivity index (χ4n) is 2.07. The molecule has 1 heterocycles. The molecule has 3 nitrogen and oxygen atoms in total. The van der Waals surface area contributed by atoms with Crippen molar-refractivity contribution in [2.24, 2.45) is 0 Å². The molecular weight excluding hydrogens is 212 g/mol. The van der Waals surface area contributed by atoms with Crippen molar-refractivity contribution in [1.82, 2.24) is 9.55 Å². The van der Waals surface area contributed by atoms with Gasteiger partial charge in [-0.3, -0.25) is 0 Å². The number of aliphatic hydroxyl groups excluding tert-OH is 1. The molecule has 0 aliphatic heterocycles. The highest BCUT2D eigenvalue weighted by Crippen LogP contribution is 2.26. The van der Waals surface area contributed by atoms with Crippen LogP contribution in [-0.2, 0) is 6.42 Å². The van der Waals surface area contributed by atoms with E-state index >= 15 is 0 Å². The van der Waals surface area contributed by atoms with Crippen LogP contribution in [-0.4, -0.2) is 14.7 Å². The van der Waals surface area contributed by atoms with Gasteiger partial charge in [-0.15, -0.1) is 0 Å². The number of nitrogens with zero attached hydrogens (tertiary/aromatic N) is 2. The highest BCUT2D eigenvalue weighted by atomic mass is 16.3. The summed E-state index contributed by atoms with van der Waals surface area (Å²) in [5.74, 6) is 1.01. The molecule has 2 aromatic rings. The normalized spacial score (nSPS) is 14.5. The molecule has 3 heteroatoms. The highest BCUT2D eigenvalue weighted by molar-refractivity contribution is 5.18. The molecule has 2 atom stereocenters. The van der Waals surface area contributed by atoms with Crippen LogP contribution in [0.2, 0.25) is 0 Å². The van der Waals surface area contributed by atoms with E-state index < -0.39 is 6.10 Å². The Morgan fingerprint density at radius 3 is 2.65 bits per heavy atom. The van der Waals surface area contributed by atoms with Crippen LogP contribution in [0.25, 0.3) is 0 Å². The minimum absolute atomic E-state index is 0.00477. The van der Waals surface area contributed by atoms with Gasteiger partial charge >= 0.3 is 0 Å². The number of aliphatic hydroxyl groups is 1. The zero-order valence-electron chi connectivity index (χ0n) is 10.2. The summed E-state index contributed by atoms with van der Waals surface area (Å²) in [6.07, 6.45) is 4.08. The highest BCUT2D eigenvalue weighted by Gasteiger charge is 2.19. The Hall–Kier alpha value is -1.61. The lowest BCUT2D eigenvalue weighted by Crippen LogP contribution is -2.16. The van der Waals surface area contributed by atoms with Crippen molar-refractivity contribution in [1.29, 1.82) is 0 Å². The number of benzene rings is 1. The number of rotatable bonds is 4. The number of imidazole rings is 1. The van der Waals surface area contributed by atoms with E-state index in [-0.39, 0.29) is 6.04 Å². The largest absolute Gasteiger partial charge is 0.386 e. The van der Waals surface area contributed by atoms with Crippen molar-refractivity contribution in [3.8, 4) is 0 Å². The monoisotopic (exact) mass is 230 g/mol. The average molecular weight is 230 g/mol. The number of hydrogen-bond acceptors (Lipinski definition) is 2. The van der Waals surface area contributed by atoms with E-state index in [4.69, 9.17) is 0 Å². The van der Waals surface area contributed by atoms with Crippen molar-refractivity contribution in [2.45, 2.75) is 32.4 Å². The standard InChI is InChI=1S/C14H18N2O/c1-3-13-15-9-10-16(13)11(2)14(17)12-7-5-4-6-8-12/h4-11,14,17H,3H2,1-2H3. The van der Waals surface area contributed by atoms with Crippen LogP contribution in [0.1, 0.15) is 37.4 Å². The van der Waals surface area contributed by atoms with E-state index in [1.54, 1.807) is 6.20 Å². The van der Waals surface area contributed by atoms with Gasteiger partial charge in [-0.2, -0.15) is 0 Å². The van der Waals surface area contributed by atoms with Crippen LogP contribution >= 0.6 is 0 Å². The third-order valence-corrected chi connectivity index (χ3v) is 3.10. The van der Waals surface area contributed by atoms with Crippen molar-refractivity contribution >= 4 is 0 Å². The minimum atomic E-state index is -0.504. The van der Waals surface area contributed by atoms with Crippen LogP contribution in [0, 0.1) is 0 Å². The summed E-state index contributed by atoms with van der Waals surface area (Å²) in [4.78, 5) is 4.28. The molecular formula is C14H18N2O. The Morgan fingerprint density at radius 2 is 2.00 bits per heavy atom. The van der Waals surface area contributed by atoms with Crippen LogP contribution in [0.15, 0.2) is 42.7 Å². The molecule has 1 aromatic heterocycles. The fraction of sp³-hybridized carbons (Fsp3) is 0.357. The zero-order valence-corrected chi connectivity index (χ0v) is 10.2. The van der Waals surface area contributed by atoms with Crippen LogP contribution in [0.5, 0.6) is 0 Å². The number of aromatic nitrogens is 2. The second-order valence-electron chi connectivity index (χ2n) is 4.20. The van der Waals surface area contributed by atoms with Gasteiger partial charge in [0.25, 0.3) is 0 Å². The van der Waals surface area contributed by atoms with Gasteiger partial charge in [0.1, 0.15) is 5.82 Å². The topological polar surface area (TPSA) is 38.0 Å². The van der Waals surface area contributed by atoms with Gasteiger partial charge in [0.2, 0.25) is 0 Å². The molecule has 0 bridgehead atoms. The molecule has 0 amide bonds. The number of aryl methyl sites for hydroxylation is 1. The summed E-state index contributed by atoms with van der Waals surface area (Å²) >= 11 is 0. The van der Waals surface area contributed by atoms with Gasteiger partial charge in [0, 0.05) is 18.8 Å². The van der Waals surface area contributed by atoms with Crippen LogP contribution in [0.4, 0.5) is 0 Å². The molecule has 0 fully saturated rings. The smallest absolute Gasteiger partial charge is 0.108 e. The lowest BCUT2D eigenvalue weighted by Gasteiger charge is -2.22. The summed E-state index contributed by atoms with van der Waals surface area (Å²) in [5.41, 5.74) is 0.941. The molecule has 17 heavy (non-hydrogen) atoms. The van der Waals surface area contributed by atoms with E-state index in [0.29, 0.717) is 0 Å². The molecule has 0 aliphatic rings. The van der Waals surface area contributed by atoms with Gasteiger partial charge in [0.15, 0.2) is 0 Å². The zero-order chi connectivity index (χ0) is 12.3. The maximum Gasteiger partial charge on any atom is 0.108 e. The average Bonchev–Trinajstić information content (AvgIpc) is 2.86. The van der Waals surface area contributed by atoms with Crippen molar-refractivity contribution < 1.29 is 5.11 Å². The molecule has 0 aliphatic carbocycles. The van der Waals surface area contributed by atoms with Crippen molar-refractivity contribution in [3.05, 3.63) is 54.1 Å². The minimum Gasteiger partial charge on any atom is -0.386 e. The van der Waals surface area contributed by atoms with Gasteiger partial charge in [-0.1, -0.05) is 37.3 Å². The molecule has 0 spiro atoms. The SMILES string of the molecule is CCc1nccn1C(C)C(O)c1ccccc1. The van der Waals surface area contributed by atoms with Crippen molar-refractivity contribution in [3.63, 3.8) is 0 Å². The molecule has 90 valence electrons. The Kier molecular flexibility index (Phi) is 3.59. The third kappa shape index (κ3) is 2.39. The Bertz CT molecular complexity index is 464. The summed E-state index contributed by atoms with van der Waals surface area (Å²) in [5, 5.41) is 10.3. The van der Waals surface area contributed by atoms with Gasteiger partial charge in [-0.25, -0.2) is 4.98 Å². The quantitative estimate of drug-likeness (QED) is 0.877. The fourth-order valence-corrected chi connectivity index (χ4v) is 2.07. The van der Waals surface area contributed by atoms with E-state index in [1.807, 2.05) is 48.0 Å². The van der Waals surface area contributed by atoms with Crippen molar-refractivity contribution in [2.75, 3.05) is 0 Å². The first kappa shape index (κ1) is 11.9. The molecule has 1 aromatic carbocycles. The first-order valence-corrected chi connectivity index (χ1v) is 5.98. The Morgan fingerprint density at radius 1 is 1.29 bits per heavy atom. The molecule has 0 saturated heterocycles. The molecule has 0 radical (unpaired) electrons. The lowest BCUT2D eigenvalue weighted by molar-refractivity contribution is 0.120. The second-order valence-corrected chi connectivity index (χ2v) is 4.20. The maximum atomic E-state index is 10.3. The third-order valence-electron chi connectivity index (χ3n) is 3.10.